The summed E-state index contributed by atoms with van der Waals surface area (Å²) in [7, 11) is 0. The number of aliphatic carboxylic acids is 1. The molecule has 0 aliphatic carbocycles. The number of carboxylic acid groups (broad SMARTS) is 1. The summed E-state index contributed by atoms with van der Waals surface area (Å²) in [5.41, 5.74) is 6.81. The fourth-order valence-electron chi connectivity index (χ4n) is 2.47. The van der Waals surface area contributed by atoms with Crippen LogP contribution in [0.2, 0.25) is 0 Å². The zero-order valence-electron chi connectivity index (χ0n) is 14.3. The Hall–Kier alpha value is -3.75. The van der Waals surface area contributed by atoms with Crippen LogP contribution in [0.15, 0.2) is 42.5 Å². The molecule has 9 heteroatoms. The molecule has 0 radical (unpaired) electrons. The van der Waals surface area contributed by atoms with E-state index in [1.54, 1.807) is 6.07 Å². The van der Waals surface area contributed by atoms with Crippen molar-refractivity contribution in [1.82, 2.24) is 5.32 Å². The molecule has 0 aromatic heterocycles. The minimum atomic E-state index is -1.25. The summed E-state index contributed by atoms with van der Waals surface area (Å²) in [6.45, 7) is 1.37. The molecule has 2 rings (SSSR count). The van der Waals surface area contributed by atoms with Gasteiger partial charge in [0.2, 0.25) is 0 Å². The fourth-order valence-corrected chi connectivity index (χ4v) is 2.47. The lowest BCUT2D eigenvalue weighted by Gasteiger charge is -2.15. The molecule has 140 valence electrons. The normalized spacial score (nSPS) is 11.4. The number of nitrogens with zero attached hydrogens (tertiary/aromatic N) is 1. The summed E-state index contributed by atoms with van der Waals surface area (Å²) in [5, 5.41) is 22.4. The van der Waals surface area contributed by atoms with Gasteiger partial charge in [-0.05, 0) is 36.8 Å². The number of carbonyl (C=O) groups is 3. The number of nitrogens with two attached hydrogens (primary N) is 1. The molecule has 1 atom stereocenters. The lowest BCUT2D eigenvalue weighted by molar-refractivity contribution is -0.384. The van der Waals surface area contributed by atoms with Crippen LogP contribution in [0.1, 0.15) is 33.2 Å². The number of anilines is 1. The quantitative estimate of drug-likeness (QED) is 0.290. The third-order valence-electron chi connectivity index (χ3n) is 3.88. The average Bonchev–Trinajstić information content (AvgIpc) is 2.60. The highest BCUT2D eigenvalue weighted by atomic mass is 16.6. The van der Waals surface area contributed by atoms with E-state index in [-0.39, 0.29) is 29.1 Å². The first-order chi connectivity index (χ1) is 12.7. The highest BCUT2D eigenvalue weighted by Crippen LogP contribution is 2.17. The van der Waals surface area contributed by atoms with E-state index < -0.39 is 22.8 Å². The molecule has 0 spiro atoms. The largest absolute Gasteiger partial charge is 0.480 e. The van der Waals surface area contributed by atoms with Gasteiger partial charge >= 0.3 is 5.97 Å². The number of nitro groups is 1. The summed E-state index contributed by atoms with van der Waals surface area (Å²) < 4.78 is 0. The smallest absolute Gasteiger partial charge is 0.326 e. The van der Waals surface area contributed by atoms with Crippen LogP contribution in [0.4, 0.5) is 11.4 Å². The molecule has 2 aromatic rings. The number of nitrogens with one attached hydrogen (secondary N) is 1. The predicted octanol–water partition coefficient (Wildman–Crippen LogP) is 1.81. The molecule has 2 aromatic carbocycles. The van der Waals surface area contributed by atoms with Crippen LogP contribution in [-0.2, 0) is 11.2 Å². The van der Waals surface area contributed by atoms with Gasteiger partial charge in [0.25, 0.3) is 11.6 Å². The van der Waals surface area contributed by atoms with Crippen molar-refractivity contribution in [3.63, 3.8) is 0 Å². The average molecular weight is 371 g/mol. The Balaban J connectivity index is 2.14. The van der Waals surface area contributed by atoms with Crippen molar-refractivity contribution >= 4 is 29.0 Å². The van der Waals surface area contributed by atoms with E-state index in [1.165, 1.54) is 31.2 Å². The molecule has 0 aliphatic heterocycles. The SMILES string of the molecule is CC(=O)c1ccc(CC(NC(=O)c2ccc([N+](=O)[O-])cc2)C(=O)O)cc1N. The summed E-state index contributed by atoms with van der Waals surface area (Å²) in [5.74, 6) is -2.13. The Labute approximate surface area is 153 Å². The third kappa shape index (κ3) is 4.88. The van der Waals surface area contributed by atoms with Gasteiger partial charge in [-0.2, -0.15) is 0 Å². The zero-order chi connectivity index (χ0) is 20.1. The van der Waals surface area contributed by atoms with Crippen LogP contribution >= 0.6 is 0 Å². The molecule has 0 heterocycles. The summed E-state index contributed by atoms with van der Waals surface area (Å²) in [6.07, 6.45) is -0.0452. The zero-order valence-corrected chi connectivity index (χ0v) is 14.3. The molecule has 27 heavy (non-hydrogen) atoms. The summed E-state index contributed by atoms with van der Waals surface area (Å²) in [4.78, 5) is 45.2. The molecule has 1 amide bonds. The van der Waals surface area contributed by atoms with Gasteiger partial charge in [-0.25, -0.2) is 4.79 Å². The van der Waals surface area contributed by atoms with Crippen LogP contribution in [0, 0.1) is 10.1 Å². The van der Waals surface area contributed by atoms with Crippen LogP contribution in [0.3, 0.4) is 0 Å². The molecular formula is C18H17N3O6. The van der Waals surface area contributed by atoms with Crippen LogP contribution < -0.4 is 11.1 Å². The maximum atomic E-state index is 12.2. The number of nitrogen functional groups attached to an aromatic ring is 1. The molecule has 0 bridgehead atoms. The standard InChI is InChI=1S/C18H17N3O6/c1-10(22)14-7-2-11(8-15(14)19)9-16(18(24)25)20-17(23)12-3-5-13(6-4-12)21(26)27/h2-8,16H,9,19H2,1H3,(H,20,23)(H,24,25). The minimum absolute atomic E-state index is 0.0452. The number of ketones is 1. The number of hydrogen-bond donors (Lipinski definition) is 3. The van der Waals surface area contributed by atoms with Gasteiger partial charge < -0.3 is 16.2 Å². The summed E-state index contributed by atoms with van der Waals surface area (Å²) >= 11 is 0. The van der Waals surface area contributed by atoms with Crippen molar-refractivity contribution in [2.24, 2.45) is 0 Å². The van der Waals surface area contributed by atoms with Gasteiger partial charge in [0.15, 0.2) is 5.78 Å². The van der Waals surface area contributed by atoms with Crippen molar-refractivity contribution < 1.29 is 24.4 Å². The summed E-state index contributed by atoms with van der Waals surface area (Å²) in [6, 6.07) is 8.13. The first kappa shape index (κ1) is 19.6. The Morgan fingerprint density at radius 1 is 1.19 bits per heavy atom. The predicted molar refractivity (Wildman–Crippen MR) is 96.5 cm³/mol. The first-order valence-electron chi connectivity index (χ1n) is 7.86. The Bertz CT molecular complexity index is 908. The van der Waals surface area contributed by atoms with Crippen LogP contribution in [0.5, 0.6) is 0 Å². The molecule has 0 aliphatic rings. The van der Waals surface area contributed by atoms with E-state index in [9.17, 15) is 29.6 Å². The number of carbonyl (C=O) groups excluding carboxylic acids is 2. The molecule has 1 unspecified atom stereocenters. The molecule has 0 saturated heterocycles. The molecule has 4 N–H and O–H groups in total. The Morgan fingerprint density at radius 2 is 1.81 bits per heavy atom. The van der Waals surface area contributed by atoms with Crippen LogP contribution in [0.25, 0.3) is 0 Å². The van der Waals surface area contributed by atoms with Crippen molar-refractivity contribution in [3.8, 4) is 0 Å². The van der Waals surface area contributed by atoms with Gasteiger partial charge in [-0.15, -0.1) is 0 Å². The second-order valence-corrected chi connectivity index (χ2v) is 5.85. The lowest BCUT2D eigenvalue weighted by atomic mass is 10.0. The van der Waals surface area contributed by atoms with Crippen LogP contribution in [-0.4, -0.2) is 33.7 Å². The maximum Gasteiger partial charge on any atom is 0.326 e. The van der Waals surface area contributed by atoms with E-state index in [0.717, 1.165) is 12.1 Å². The second-order valence-electron chi connectivity index (χ2n) is 5.85. The number of Topliss-reactive ketones (excluding diaryl/α,β-unsaturated/α-hetero) is 1. The van der Waals surface area contributed by atoms with E-state index in [0.29, 0.717) is 11.1 Å². The van der Waals surface area contributed by atoms with E-state index >= 15 is 0 Å². The fraction of sp³-hybridized carbons (Fsp3) is 0.167. The lowest BCUT2D eigenvalue weighted by Crippen LogP contribution is -2.42. The maximum absolute atomic E-state index is 12.2. The third-order valence-corrected chi connectivity index (χ3v) is 3.88. The molecule has 9 nitrogen and oxygen atoms in total. The highest BCUT2D eigenvalue weighted by Gasteiger charge is 2.22. The topological polar surface area (TPSA) is 153 Å². The Morgan fingerprint density at radius 3 is 2.30 bits per heavy atom. The van der Waals surface area contributed by atoms with Crippen molar-refractivity contribution in [1.29, 1.82) is 0 Å². The minimum Gasteiger partial charge on any atom is -0.480 e. The van der Waals surface area contributed by atoms with E-state index in [2.05, 4.69) is 5.32 Å². The number of non-ortho nitro benzene ring substituents is 1. The number of benzene rings is 2. The monoisotopic (exact) mass is 371 g/mol. The van der Waals surface area contributed by atoms with Gasteiger partial charge in [0.05, 0.1) is 4.92 Å². The number of amides is 1. The van der Waals surface area contributed by atoms with Crippen molar-refractivity contribution in [2.45, 2.75) is 19.4 Å². The van der Waals surface area contributed by atoms with Gasteiger partial charge in [-0.1, -0.05) is 6.07 Å². The molecule has 0 fully saturated rings. The molecule has 0 saturated carbocycles. The van der Waals surface area contributed by atoms with Gasteiger partial charge in [0.1, 0.15) is 6.04 Å². The number of nitro benzene ring substituents is 1. The van der Waals surface area contributed by atoms with E-state index in [1.807, 2.05) is 0 Å². The van der Waals surface area contributed by atoms with E-state index in [4.69, 9.17) is 5.73 Å². The first-order valence-corrected chi connectivity index (χ1v) is 7.86. The number of hydrogen-bond acceptors (Lipinski definition) is 6. The van der Waals surface area contributed by atoms with Crippen molar-refractivity contribution in [3.05, 3.63) is 69.3 Å². The number of carboxylic acids is 1. The second kappa shape index (κ2) is 8.09. The highest BCUT2D eigenvalue weighted by molar-refractivity contribution is 5.99. The Kier molecular flexibility index (Phi) is 5.86. The van der Waals surface area contributed by atoms with Gasteiger partial charge in [-0.3, -0.25) is 19.7 Å². The number of rotatable bonds is 7. The van der Waals surface area contributed by atoms with Gasteiger partial charge in [0, 0.05) is 35.4 Å². The molecular weight excluding hydrogens is 354 g/mol. The van der Waals surface area contributed by atoms with Crippen molar-refractivity contribution in [2.75, 3.05) is 5.73 Å².